The monoisotopic (exact) mass is 509 g/mol. The zero-order valence-corrected chi connectivity index (χ0v) is 20.9. The van der Waals surface area contributed by atoms with Gasteiger partial charge in [-0.1, -0.05) is 12.1 Å². The number of aromatic nitrogens is 4. The molecule has 188 valence electrons. The lowest BCUT2D eigenvalue weighted by Gasteiger charge is -2.17. The molecule has 0 fully saturated rings. The molecule has 4 N–H and O–H groups in total. The van der Waals surface area contributed by atoms with E-state index in [1.54, 1.807) is 49.5 Å². The van der Waals surface area contributed by atoms with Gasteiger partial charge in [-0.25, -0.2) is 18.4 Å². The Hall–Kier alpha value is -4.03. The third-order valence-electron chi connectivity index (χ3n) is 5.30. The van der Waals surface area contributed by atoms with Crippen LogP contribution < -0.4 is 15.4 Å². The van der Waals surface area contributed by atoms with E-state index in [2.05, 4.69) is 30.3 Å². The number of benzene rings is 1. The summed E-state index contributed by atoms with van der Waals surface area (Å²) in [6, 6.07) is 12.4. The predicted molar refractivity (Wildman–Crippen MR) is 139 cm³/mol. The number of pyridine rings is 1. The van der Waals surface area contributed by atoms with Crippen molar-refractivity contribution in [3.05, 3.63) is 66.6 Å². The molecule has 0 unspecified atom stereocenters. The van der Waals surface area contributed by atoms with Crippen molar-refractivity contribution >= 4 is 50.1 Å². The molecule has 0 atom stereocenters. The molecule has 12 heteroatoms. The molecule has 0 radical (unpaired) electrons. The normalized spacial score (nSPS) is 11.9. The Kier molecular flexibility index (Phi) is 6.91. The van der Waals surface area contributed by atoms with E-state index in [0.29, 0.717) is 35.1 Å². The van der Waals surface area contributed by atoms with Crippen molar-refractivity contribution in [2.24, 2.45) is 0 Å². The number of carbonyl (C=O) groups excluding carboxylic acids is 1. The van der Waals surface area contributed by atoms with Gasteiger partial charge in [-0.3, -0.25) is 9.52 Å². The number of nitrogens with zero attached hydrogens (tertiary/aromatic N) is 4. The number of amides is 1. The molecule has 0 aliphatic carbocycles. The van der Waals surface area contributed by atoms with Crippen molar-refractivity contribution in [2.45, 2.75) is 32.9 Å². The highest BCUT2D eigenvalue weighted by Gasteiger charge is 2.23. The molecule has 0 aliphatic rings. The molecule has 4 rings (SSSR count). The first-order chi connectivity index (χ1) is 17.0. The molecular formula is C24H27N7O4S. The van der Waals surface area contributed by atoms with Gasteiger partial charge in [-0.15, -0.1) is 0 Å². The molecule has 36 heavy (non-hydrogen) atoms. The predicted octanol–water partition coefficient (Wildman–Crippen LogP) is 3.09. The van der Waals surface area contributed by atoms with Crippen LogP contribution >= 0.6 is 0 Å². The average molecular weight is 510 g/mol. The number of rotatable bonds is 9. The number of nitrogens with one attached hydrogen (secondary N) is 3. The van der Waals surface area contributed by atoms with Gasteiger partial charge in [0.15, 0.2) is 0 Å². The lowest BCUT2D eigenvalue weighted by molar-refractivity contribution is -0.130. The summed E-state index contributed by atoms with van der Waals surface area (Å²) in [5.74, 6) is 0.0385. The van der Waals surface area contributed by atoms with Crippen LogP contribution in [0, 0.1) is 0 Å². The smallest absolute Gasteiger partial charge is 0.255 e. The van der Waals surface area contributed by atoms with Crippen molar-refractivity contribution < 1.29 is 18.3 Å². The topological polar surface area (TPSA) is 151 Å². The Balaban J connectivity index is 1.57. The Morgan fingerprint density at radius 2 is 1.89 bits per heavy atom. The van der Waals surface area contributed by atoms with Crippen molar-refractivity contribution in [2.75, 3.05) is 21.1 Å². The number of hydrogen-bond donors (Lipinski definition) is 4. The maximum atomic E-state index is 12.1. The maximum Gasteiger partial charge on any atom is 0.255 e. The number of aliphatic hydroxyl groups is 1. The quantitative estimate of drug-likeness (QED) is 0.269. The van der Waals surface area contributed by atoms with E-state index in [0.717, 1.165) is 5.39 Å². The van der Waals surface area contributed by atoms with E-state index in [4.69, 9.17) is 0 Å². The highest BCUT2D eigenvalue weighted by atomic mass is 32.2. The molecule has 0 saturated heterocycles. The number of fused-ring (bicyclic) bond motifs is 1. The summed E-state index contributed by atoms with van der Waals surface area (Å²) < 4.78 is 28.5. The van der Waals surface area contributed by atoms with Crippen molar-refractivity contribution in [1.29, 1.82) is 0 Å². The Bertz CT molecular complexity index is 1510. The van der Waals surface area contributed by atoms with Crippen LogP contribution in [0.1, 0.15) is 26.3 Å². The molecular weight excluding hydrogens is 482 g/mol. The van der Waals surface area contributed by atoms with E-state index >= 15 is 0 Å². The van der Waals surface area contributed by atoms with Gasteiger partial charge < -0.3 is 20.3 Å². The maximum absolute atomic E-state index is 12.1. The minimum absolute atomic E-state index is 0.0552. The van der Waals surface area contributed by atoms with Crippen LogP contribution in [0.25, 0.3) is 11.0 Å². The Morgan fingerprint density at radius 1 is 1.11 bits per heavy atom. The molecule has 3 aromatic heterocycles. The lowest BCUT2D eigenvalue weighted by atomic mass is 10.1. The summed E-state index contributed by atoms with van der Waals surface area (Å²) >= 11 is 0. The second-order valence-electron chi connectivity index (χ2n) is 8.65. The van der Waals surface area contributed by atoms with E-state index in [1.807, 2.05) is 16.8 Å². The summed E-state index contributed by atoms with van der Waals surface area (Å²) in [4.78, 5) is 25.3. The molecule has 0 bridgehead atoms. The summed E-state index contributed by atoms with van der Waals surface area (Å²) in [7, 11) is -3.47. The number of anilines is 4. The van der Waals surface area contributed by atoms with Crippen molar-refractivity contribution in [3.63, 3.8) is 0 Å². The first-order valence-electron chi connectivity index (χ1n) is 11.2. The van der Waals surface area contributed by atoms with Crippen LogP contribution in [-0.4, -0.2) is 50.3 Å². The van der Waals surface area contributed by atoms with E-state index in [1.165, 1.54) is 20.0 Å². The largest absolute Gasteiger partial charge is 0.381 e. The third-order valence-corrected chi connectivity index (χ3v) is 6.56. The highest BCUT2D eigenvalue weighted by molar-refractivity contribution is 7.92. The fourth-order valence-corrected chi connectivity index (χ4v) is 3.93. The first kappa shape index (κ1) is 25.1. The first-order valence-corrected chi connectivity index (χ1v) is 12.9. The Morgan fingerprint density at radius 3 is 2.64 bits per heavy atom. The molecule has 1 amide bonds. The third kappa shape index (κ3) is 5.96. The lowest BCUT2D eigenvalue weighted by Crippen LogP contribution is -2.36. The van der Waals surface area contributed by atoms with Gasteiger partial charge in [0.25, 0.3) is 5.91 Å². The summed E-state index contributed by atoms with van der Waals surface area (Å²) in [5, 5.41) is 16.5. The fraction of sp³-hybridized carbons (Fsp3) is 0.250. The van der Waals surface area contributed by atoms with Crippen LogP contribution in [0.4, 0.5) is 23.1 Å². The number of carbonyl (C=O) groups is 1. The highest BCUT2D eigenvalue weighted by Crippen LogP contribution is 2.23. The summed E-state index contributed by atoms with van der Waals surface area (Å²) in [5.41, 5.74) is 0.982. The van der Waals surface area contributed by atoms with E-state index in [9.17, 15) is 18.3 Å². The molecule has 11 nitrogen and oxygen atoms in total. The zero-order chi connectivity index (χ0) is 25.9. The number of hydrogen-bond acceptors (Lipinski definition) is 8. The molecule has 0 saturated carbocycles. The van der Waals surface area contributed by atoms with Gasteiger partial charge in [-0.2, -0.15) is 4.98 Å². The zero-order valence-electron chi connectivity index (χ0n) is 20.1. The standard InChI is InChI=1S/C24H27N7O4S/c1-4-36(34,35)30-20-17(7-6-11-25-20)15-31-12-10-16-14-26-23(29-21(16)31)28-19-9-5-8-18(13-19)27-22(32)24(2,3)33/h5-14,33H,4,15H2,1-3H3,(H,25,30)(H,27,32)(H,26,28,29). The second kappa shape index (κ2) is 9.91. The average Bonchev–Trinajstić information content (AvgIpc) is 3.22. The van der Waals surface area contributed by atoms with E-state index in [-0.39, 0.29) is 11.6 Å². The van der Waals surface area contributed by atoms with Crippen LogP contribution in [0.15, 0.2) is 61.1 Å². The van der Waals surface area contributed by atoms with Crippen molar-refractivity contribution in [1.82, 2.24) is 19.5 Å². The molecule has 0 spiro atoms. The molecule has 1 aromatic carbocycles. The minimum atomic E-state index is -3.47. The Labute approximate surface area is 208 Å². The van der Waals surface area contributed by atoms with Crippen LogP contribution in [-0.2, 0) is 21.4 Å². The summed E-state index contributed by atoms with van der Waals surface area (Å²) in [6.07, 6.45) is 5.07. The molecule has 3 heterocycles. The van der Waals surface area contributed by atoms with Gasteiger partial charge in [0.05, 0.1) is 12.3 Å². The van der Waals surface area contributed by atoms with Gasteiger partial charge in [0, 0.05) is 40.9 Å². The number of sulfonamides is 1. The second-order valence-corrected chi connectivity index (χ2v) is 10.7. The van der Waals surface area contributed by atoms with Crippen LogP contribution in [0.5, 0.6) is 0 Å². The van der Waals surface area contributed by atoms with Gasteiger partial charge in [0.1, 0.15) is 17.1 Å². The molecule has 0 aliphatic heterocycles. The SMILES string of the molecule is CCS(=O)(=O)Nc1ncccc1Cn1ccc2cnc(Nc3cccc(NC(=O)C(C)(C)O)c3)nc21. The summed E-state index contributed by atoms with van der Waals surface area (Å²) in [6.45, 7) is 4.73. The van der Waals surface area contributed by atoms with Crippen LogP contribution in [0.2, 0.25) is 0 Å². The fourth-order valence-electron chi connectivity index (χ4n) is 3.31. The van der Waals surface area contributed by atoms with Gasteiger partial charge in [-0.05, 0) is 51.1 Å². The minimum Gasteiger partial charge on any atom is -0.381 e. The van der Waals surface area contributed by atoms with Gasteiger partial charge in [0.2, 0.25) is 16.0 Å². The molecule has 4 aromatic rings. The van der Waals surface area contributed by atoms with E-state index < -0.39 is 21.5 Å². The van der Waals surface area contributed by atoms with Crippen LogP contribution in [0.3, 0.4) is 0 Å². The van der Waals surface area contributed by atoms with Crippen molar-refractivity contribution in [3.8, 4) is 0 Å². The van der Waals surface area contributed by atoms with Gasteiger partial charge >= 0.3 is 0 Å².